The number of hydrogen-bond donors (Lipinski definition) is 1. The average molecular weight is 237 g/mol. The van der Waals surface area contributed by atoms with E-state index in [4.69, 9.17) is 4.74 Å². The summed E-state index contributed by atoms with van der Waals surface area (Å²) in [5, 5.41) is 5.53. The third kappa shape index (κ3) is 2.30. The zero-order valence-electron chi connectivity index (χ0n) is 9.95. The Hall–Kier alpha value is -0.800. The molecule has 1 N–H and O–H groups in total. The molecule has 1 aliphatic heterocycles. The van der Waals surface area contributed by atoms with Crippen molar-refractivity contribution in [3.05, 3.63) is 33.7 Å². The van der Waals surface area contributed by atoms with Gasteiger partial charge in [-0.2, -0.15) is 0 Å². The predicted octanol–water partition coefficient (Wildman–Crippen LogP) is 3.27. The first-order valence-electron chi connectivity index (χ1n) is 5.93. The van der Waals surface area contributed by atoms with Gasteiger partial charge in [-0.25, -0.2) is 0 Å². The summed E-state index contributed by atoms with van der Waals surface area (Å²) in [5.41, 5.74) is 1.43. The van der Waals surface area contributed by atoms with E-state index < -0.39 is 0 Å². The first-order valence-corrected chi connectivity index (χ1v) is 6.81. The Kier molecular flexibility index (Phi) is 4.02. The summed E-state index contributed by atoms with van der Waals surface area (Å²) in [5.74, 6) is 1.10. The van der Waals surface area contributed by atoms with Crippen LogP contribution in [0.25, 0.3) is 0 Å². The van der Waals surface area contributed by atoms with E-state index in [2.05, 4.69) is 29.8 Å². The van der Waals surface area contributed by atoms with Crippen LogP contribution in [-0.4, -0.2) is 13.7 Å². The Morgan fingerprint density at radius 1 is 1.56 bits per heavy atom. The van der Waals surface area contributed by atoms with Gasteiger partial charge < -0.3 is 10.1 Å². The topological polar surface area (TPSA) is 21.3 Å². The van der Waals surface area contributed by atoms with Gasteiger partial charge in [-0.3, -0.25) is 0 Å². The molecule has 0 aliphatic carbocycles. The SMILES string of the molecule is CCc1ccsc1C(NC)C1=CCCCO1. The molecular formula is C13H19NOS. The first-order chi connectivity index (χ1) is 7.86. The summed E-state index contributed by atoms with van der Waals surface area (Å²) in [6.07, 6.45) is 5.60. The molecule has 2 rings (SSSR count). The van der Waals surface area contributed by atoms with E-state index >= 15 is 0 Å². The van der Waals surface area contributed by atoms with E-state index in [-0.39, 0.29) is 6.04 Å². The van der Waals surface area contributed by atoms with Crippen molar-refractivity contribution in [2.45, 2.75) is 32.2 Å². The van der Waals surface area contributed by atoms with Gasteiger partial charge in [0.1, 0.15) is 5.76 Å². The fourth-order valence-corrected chi connectivity index (χ4v) is 3.19. The monoisotopic (exact) mass is 237 g/mol. The first kappa shape index (κ1) is 11.7. The molecule has 0 bridgehead atoms. The number of rotatable bonds is 4. The standard InChI is InChI=1S/C13H19NOS/c1-3-10-7-9-16-13(10)12(14-2)11-6-4-5-8-15-11/h6-7,9,12,14H,3-5,8H2,1-2H3. The van der Waals surface area contributed by atoms with Crippen molar-refractivity contribution in [1.29, 1.82) is 0 Å². The van der Waals surface area contributed by atoms with Crippen LogP contribution in [0.4, 0.5) is 0 Å². The van der Waals surface area contributed by atoms with Crippen LogP contribution >= 0.6 is 11.3 Å². The van der Waals surface area contributed by atoms with Gasteiger partial charge in [0, 0.05) is 4.88 Å². The van der Waals surface area contributed by atoms with Gasteiger partial charge in [-0.15, -0.1) is 11.3 Å². The van der Waals surface area contributed by atoms with Crippen LogP contribution in [0.3, 0.4) is 0 Å². The number of nitrogens with one attached hydrogen (secondary N) is 1. The molecule has 1 atom stereocenters. The lowest BCUT2D eigenvalue weighted by molar-refractivity contribution is 0.170. The van der Waals surface area contributed by atoms with Crippen LogP contribution in [-0.2, 0) is 11.2 Å². The second-order valence-corrected chi connectivity index (χ2v) is 4.93. The van der Waals surface area contributed by atoms with E-state index in [0.717, 1.165) is 31.6 Å². The molecule has 2 heterocycles. The third-order valence-electron chi connectivity index (χ3n) is 2.96. The van der Waals surface area contributed by atoms with Gasteiger partial charge in [0.05, 0.1) is 12.6 Å². The maximum Gasteiger partial charge on any atom is 0.114 e. The zero-order valence-corrected chi connectivity index (χ0v) is 10.8. The second kappa shape index (κ2) is 5.51. The van der Waals surface area contributed by atoms with Crippen LogP contribution < -0.4 is 5.32 Å². The van der Waals surface area contributed by atoms with Gasteiger partial charge >= 0.3 is 0 Å². The molecule has 0 aromatic carbocycles. The lowest BCUT2D eigenvalue weighted by Crippen LogP contribution is -2.22. The fourth-order valence-electron chi connectivity index (χ4n) is 2.07. The minimum atomic E-state index is 0.246. The van der Waals surface area contributed by atoms with Crippen LogP contribution in [0.1, 0.15) is 36.2 Å². The van der Waals surface area contributed by atoms with Gasteiger partial charge in [-0.05, 0) is 49.4 Å². The lowest BCUT2D eigenvalue weighted by Gasteiger charge is -2.23. The van der Waals surface area contributed by atoms with Crippen LogP contribution in [0.5, 0.6) is 0 Å². The molecule has 88 valence electrons. The predicted molar refractivity (Wildman–Crippen MR) is 68.8 cm³/mol. The molecule has 1 unspecified atom stereocenters. The van der Waals surface area contributed by atoms with Gasteiger partial charge in [0.2, 0.25) is 0 Å². The Morgan fingerprint density at radius 2 is 2.44 bits per heavy atom. The maximum atomic E-state index is 5.76. The molecular weight excluding hydrogens is 218 g/mol. The van der Waals surface area contributed by atoms with Crippen LogP contribution in [0, 0.1) is 0 Å². The van der Waals surface area contributed by atoms with E-state index in [1.807, 2.05) is 18.4 Å². The van der Waals surface area contributed by atoms with Crippen molar-refractivity contribution >= 4 is 11.3 Å². The molecule has 1 aromatic heterocycles. The van der Waals surface area contributed by atoms with E-state index in [1.54, 1.807) is 0 Å². The summed E-state index contributed by atoms with van der Waals surface area (Å²) in [7, 11) is 2.00. The quantitative estimate of drug-likeness (QED) is 0.868. The number of hydrogen-bond acceptors (Lipinski definition) is 3. The Morgan fingerprint density at radius 3 is 3.06 bits per heavy atom. The van der Waals surface area contributed by atoms with Crippen molar-refractivity contribution in [1.82, 2.24) is 5.32 Å². The highest BCUT2D eigenvalue weighted by molar-refractivity contribution is 7.10. The Bertz CT molecular complexity index is 370. The molecule has 0 saturated heterocycles. The van der Waals surface area contributed by atoms with Gasteiger partial charge in [-0.1, -0.05) is 6.92 Å². The molecule has 1 aromatic rings. The summed E-state index contributed by atoms with van der Waals surface area (Å²) >= 11 is 1.82. The summed E-state index contributed by atoms with van der Waals surface area (Å²) in [4.78, 5) is 1.40. The smallest absolute Gasteiger partial charge is 0.114 e. The van der Waals surface area contributed by atoms with Crippen LogP contribution in [0.15, 0.2) is 23.3 Å². The molecule has 0 radical (unpaired) electrons. The molecule has 3 heteroatoms. The number of allylic oxidation sites excluding steroid dienone is 1. The largest absolute Gasteiger partial charge is 0.496 e. The van der Waals surface area contributed by atoms with E-state index in [0.29, 0.717) is 0 Å². The Balaban J connectivity index is 2.24. The average Bonchev–Trinajstić information content (AvgIpc) is 2.80. The van der Waals surface area contributed by atoms with Crippen molar-refractivity contribution < 1.29 is 4.74 Å². The van der Waals surface area contributed by atoms with Crippen molar-refractivity contribution in [3.63, 3.8) is 0 Å². The summed E-state index contributed by atoms with van der Waals surface area (Å²) in [6.45, 7) is 3.06. The van der Waals surface area contributed by atoms with Crippen LogP contribution in [0.2, 0.25) is 0 Å². The van der Waals surface area contributed by atoms with Crippen molar-refractivity contribution in [3.8, 4) is 0 Å². The molecule has 0 amide bonds. The molecule has 2 nitrogen and oxygen atoms in total. The molecule has 0 spiro atoms. The molecule has 0 saturated carbocycles. The third-order valence-corrected chi connectivity index (χ3v) is 3.98. The van der Waals surface area contributed by atoms with Crippen molar-refractivity contribution in [2.24, 2.45) is 0 Å². The van der Waals surface area contributed by atoms with Gasteiger partial charge in [0.15, 0.2) is 0 Å². The number of ether oxygens (including phenoxy) is 1. The number of likely N-dealkylation sites (N-methyl/N-ethyl adjacent to an activating group) is 1. The highest BCUT2D eigenvalue weighted by Gasteiger charge is 2.21. The zero-order chi connectivity index (χ0) is 11.4. The normalized spacial score (nSPS) is 17.8. The van der Waals surface area contributed by atoms with E-state index in [1.165, 1.54) is 10.4 Å². The fraction of sp³-hybridized carbons (Fsp3) is 0.538. The number of aryl methyl sites for hydroxylation is 1. The molecule has 16 heavy (non-hydrogen) atoms. The minimum Gasteiger partial charge on any atom is -0.496 e. The number of thiophene rings is 1. The highest BCUT2D eigenvalue weighted by atomic mass is 32.1. The molecule has 1 aliphatic rings. The summed E-state index contributed by atoms with van der Waals surface area (Å²) < 4.78 is 5.76. The second-order valence-electron chi connectivity index (χ2n) is 3.98. The minimum absolute atomic E-state index is 0.246. The Labute approximate surface area is 101 Å². The summed E-state index contributed by atoms with van der Waals surface area (Å²) in [6, 6.07) is 2.46. The van der Waals surface area contributed by atoms with Gasteiger partial charge in [0.25, 0.3) is 0 Å². The molecule has 0 fully saturated rings. The highest BCUT2D eigenvalue weighted by Crippen LogP contribution is 2.32. The lowest BCUT2D eigenvalue weighted by atomic mass is 10.1. The maximum absolute atomic E-state index is 5.76. The van der Waals surface area contributed by atoms with E-state index in [9.17, 15) is 0 Å². The van der Waals surface area contributed by atoms with Crippen molar-refractivity contribution in [2.75, 3.05) is 13.7 Å².